The predicted octanol–water partition coefficient (Wildman–Crippen LogP) is 1.90. The Balaban J connectivity index is 1.80. The van der Waals surface area contributed by atoms with Gasteiger partial charge in [-0.25, -0.2) is 0 Å². The molecule has 3 atom stereocenters. The average molecular weight is 283 g/mol. The third-order valence-corrected chi connectivity index (χ3v) is 4.32. The molecule has 3 unspecified atom stereocenters. The predicted molar refractivity (Wildman–Crippen MR) is 74.3 cm³/mol. The van der Waals surface area contributed by atoms with Gasteiger partial charge in [0, 0.05) is 26.1 Å². The van der Waals surface area contributed by atoms with E-state index < -0.39 is 11.9 Å². The minimum absolute atomic E-state index is 0.0805. The lowest BCUT2D eigenvalue weighted by atomic mass is 9.90. The van der Waals surface area contributed by atoms with E-state index in [0.29, 0.717) is 25.9 Å². The third kappa shape index (κ3) is 4.20. The van der Waals surface area contributed by atoms with Gasteiger partial charge in [0.2, 0.25) is 5.91 Å². The second-order valence-corrected chi connectivity index (χ2v) is 6.20. The number of hydrogen-bond acceptors (Lipinski definition) is 3. The summed E-state index contributed by atoms with van der Waals surface area (Å²) in [5, 5.41) is 9.13. The Labute approximate surface area is 120 Å². The van der Waals surface area contributed by atoms with Crippen LogP contribution < -0.4 is 0 Å². The van der Waals surface area contributed by atoms with E-state index in [1.54, 1.807) is 4.90 Å². The van der Waals surface area contributed by atoms with Crippen LogP contribution in [0.2, 0.25) is 0 Å². The summed E-state index contributed by atoms with van der Waals surface area (Å²) in [6.07, 6.45) is 5.47. The number of nitrogens with zero attached hydrogens (tertiary/aromatic N) is 1. The van der Waals surface area contributed by atoms with Crippen LogP contribution >= 0.6 is 0 Å². The Morgan fingerprint density at radius 3 is 2.75 bits per heavy atom. The van der Waals surface area contributed by atoms with Crippen LogP contribution in [0.5, 0.6) is 0 Å². The molecule has 5 heteroatoms. The van der Waals surface area contributed by atoms with Crippen molar-refractivity contribution in [3.63, 3.8) is 0 Å². The molecule has 5 nitrogen and oxygen atoms in total. The van der Waals surface area contributed by atoms with Crippen molar-refractivity contribution in [3.8, 4) is 0 Å². The number of carbonyl (C=O) groups is 2. The van der Waals surface area contributed by atoms with Crippen molar-refractivity contribution in [3.05, 3.63) is 0 Å². The molecule has 0 aromatic rings. The van der Waals surface area contributed by atoms with Crippen molar-refractivity contribution in [1.82, 2.24) is 4.90 Å². The molecule has 1 amide bonds. The maximum absolute atomic E-state index is 12.2. The van der Waals surface area contributed by atoms with Crippen LogP contribution in [0.15, 0.2) is 0 Å². The second-order valence-electron chi connectivity index (χ2n) is 6.20. The van der Waals surface area contributed by atoms with Crippen LogP contribution in [-0.4, -0.2) is 47.7 Å². The Bertz CT molecular complexity index is 352. The molecular weight excluding hydrogens is 258 g/mol. The average Bonchev–Trinajstić information content (AvgIpc) is 2.45. The fraction of sp³-hybridized carbons (Fsp3) is 0.867. The van der Waals surface area contributed by atoms with Gasteiger partial charge in [0.15, 0.2) is 0 Å². The number of carboxylic acids is 1. The summed E-state index contributed by atoms with van der Waals surface area (Å²) in [6, 6.07) is 0. The molecule has 1 N–H and O–H groups in total. The quantitative estimate of drug-likeness (QED) is 0.855. The molecule has 2 rings (SSSR count). The molecule has 20 heavy (non-hydrogen) atoms. The number of amides is 1. The van der Waals surface area contributed by atoms with Gasteiger partial charge in [0.1, 0.15) is 0 Å². The number of aliphatic carboxylic acids is 1. The maximum atomic E-state index is 12.2. The van der Waals surface area contributed by atoms with Gasteiger partial charge in [-0.05, 0) is 38.0 Å². The van der Waals surface area contributed by atoms with Crippen LogP contribution in [0, 0.1) is 11.8 Å². The summed E-state index contributed by atoms with van der Waals surface area (Å²) >= 11 is 0. The SMILES string of the molecule is CC1CC(C(=O)O)CN(C(=O)CCC2CCCCO2)C1. The molecule has 0 aliphatic carbocycles. The number of carboxylic acid groups (broad SMARTS) is 1. The monoisotopic (exact) mass is 283 g/mol. The van der Waals surface area contributed by atoms with Gasteiger partial charge in [-0.1, -0.05) is 6.92 Å². The summed E-state index contributed by atoms with van der Waals surface area (Å²) in [5.41, 5.74) is 0. The normalized spacial score (nSPS) is 31.1. The number of ether oxygens (including phenoxy) is 1. The highest BCUT2D eigenvalue weighted by molar-refractivity contribution is 5.78. The van der Waals surface area contributed by atoms with E-state index in [9.17, 15) is 9.59 Å². The molecule has 0 radical (unpaired) electrons. The largest absolute Gasteiger partial charge is 0.481 e. The van der Waals surface area contributed by atoms with Crippen molar-refractivity contribution in [2.24, 2.45) is 11.8 Å². The summed E-state index contributed by atoms with van der Waals surface area (Å²) < 4.78 is 5.63. The van der Waals surface area contributed by atoms with Crippen LogP contribution in [0.25, 0.3) is 0 Å². The molecule has 2 aliphatic heterocycles. The first-order chi connectivity index (χ1) is 9.56. The van der Waals surface area contributed by atoms with Gasteiger partial charge in [0.25, 0.3) is 0 Å². The molecule has 0 aromatic heterocycles. The zero-order chi connectivity index (χ0) is 14.5. The van der Waals surface area contributed by atoms with Crippen LogP contribution in [0.3, 0.4) is 0 Å². The van der Waals surface area contributed by atoms with Crippen molar-refractivity contribution in [2.75, 3.05) is 19.7 Å². The maximum Gasteiger partial charge on any atom is 0.308 e. The number of hydrogen-bond donors (Lipinski definition) is 1. The van der Waals surface area contributed by atoms with Gasteiger partial charge >= 0.3 is 5.97 Å². The van der Waals surface area contributed by atoms with E-state index in [1.165, 1.54) is 6.42 Å². The summed E-state index contributed by atoms with van der Waals surface area (Å²) in [4.78, 5) is 25.1. The Kier molecular flexibility index (Phi) is 5.40. The minimum atomic E-state index is -0.787. The topological polar surface area (TPSA) is 66.8 Å². The fourth-order valence-corrected chi connectivity index (χ4v) is 3.21. The molecule has 2 heterocycles. The van der Waals surface area contributed by atoms with Gasteiger partial charge in [-0.15, -0.1) is 0 Å². The summed E-state index contributed by atoms with van der Waals surface area (Å²) in [6.45, 7) is 3.87. The van der Waals surface area contributed by atoms with E-state index in [0.717, 1.165) is 25.9 Å². The lowest BCUT2D eigenvalue weighted by molar-refractivity contribution is -0.147. The lowest BCUT2D eigenvalue weighted by Gasteiger charge is -2.35. The highest BCUT2D eigenvalue weighted by atomic mass is 16.5. The van der Waals surface area contributed by atoms with Gasteiger partial charge in [-0.3, -0.25) is 9.59 Å². The molecular formula is C15H25NO4. The van der Waals surface area contributed by atoms with E-state index in [2.05, 4.69) is 0 Å². The number of piperidine rings is 1. The molecule has 0 spiro atoms. The first-order valence-electron chi connectivity index (χ1n) is 7.68. The van der Waals surface area contributed by atoms with E-state index in [4.69, 9.17) is 9.84 Å². The Morgan fingerprint density at radius 2 is 2.10 bits per heavy atom. The second kappa shape index (κ2) is 7.07. The number of likely N-dealkylation sites (tertiary alicyclic amines) is 1. The summed E-state index contributed by atoms with van der Waals surface area (Å²) in [7, 11) is 0. The fourth-order valence-electron chi connectivity index (χ4n) is 3.21. The van der Waals surface area contributed by atoms with Crippen molar-refractivity contribution < 1.29 is 19.4 Å². The minimum Gasteiger partial charge on any atom is -0.481 e. The van der Waals surface area contributed by atoms with Gasteiger partial charge < -0.3 is 14.7 Å². The van der Waals surface area contributed by atoms with Crippen molar-refractivity contribution in [1.29, 1.82) is 0 Å². The zero-order valence-corrected chi connectivity index (χ0v) is 12.2. The smallest absolute Gasteiger partial charge is 0.308 e. The first-order valence-corrected chi connectivity index (χ1v) is 7.68. The van der Waals surface area contributed by atoms with Crippen molar-refractivity contribution >= 4 is 11.9 Å². The highest BCUT2D eigenvalue weighted by Crippen LogP contribution is 2.23. The van der Waals surface area contributed by atoms with E-state index >= 15 is 0 Å². The lowest BCUT2D eigenvalue weighted by Crippen LogP contribution is -2.45. The standard InChI is InChI=1S/C15H25NO4/c1-11-8-12(15(18)19)10-16(9-11)14(17)6-5-13-4-2-3-7-20-13/h11-13H,2-10H2,1H3,(H,18,19). The molecule has 0 saturated carbocycles. The van der Waals surface area contributed by atoms with Crippen LogP contribution in [0.1, 0.15) is 45.4 Å². The number of rotatable bonds is 4. The first kappa shape index (κ1) is 15.3. The van der Waals surface area contributed by atoms with E-state index in [-0.39, 0.29) is 17.9 Å². The van der Waals surface area contributed by atoms with Crippen molar-refractivity contribution in [2.45, 2.75) is 51.6 Å². The Morgan fingerprint density at radius 1 is 1.30 bits per heavy atom. The molecule has 2 aliphatic rings. The van der Waals surface area contributed by atoms with Gasteiger partial charge in [-0.2, -0.15) is 0 Å². The molecule has 2 fully saturated rings. The Hall–Kier alpha value is -1.10. The third-order valence-electron chi connectivity index (χ3n) is 4.32. The molecule has 0 bridgehead atoms. The van der Waals surface area contributed by atoms with Crippen LogP contribution in [0.4, 0.5) is 0 Å². The molecule has 2 saturated heterocycles. The molecule has 0 aromatic carbocycles. The molecule has 114 valence electrons. The van der Waals surface area contributed by atoms with E-state index in [1.807, 2.05) is 6.92 Å². The zero-order valence-electron chi connectivity index (χ0n) is 12.2. The van der Waals surface area contributed by atoms with Crippen LogP contribution in [-0.2, 0) is 14.3 Å². The number of carbonyl (C=O) groups excluding carboxylic acids is 1. The highest BCUT2D eigenvalue weighted by Gasteiger charge is 2.31. The summed E-state index contributed by atoms with van der Waals surface area (Å²) in [5.74, 6) is -0.852. The van der Waals surface area contributed by atoms with Gasteiger partial charge in [0.05, 0.1) is 12.0 Å².